The van der Waals surface area contributed by atoms with E-state index < -0.39 is 8.07 Å². The first-order chi connectivity index (χ1) is 9.77. The van der Waals surface area contributed by atoms with E-state index in [1.807, 2.05) is 0 Å². The number of rotatable bonds is 6. The summed E-state index contributed by atoms with van der Waals surface area (Å²) < 4.78 is 2.16. The molecule has 0 unspecified atom stereocenters. The molecule has 3 heteroatoms. The lowest BCUT2D eigenvalue weighted by Crippen LogP contribution is -2.56. The second-order valence-electron chi connectivity index (χ2n) is 5.32. The molecular formula is C17H21ISi2. The van der Waals surface area contributed by atoms with Crippen molar-refractivity contribution in [3.63, 3.8) is 0 Å². The fourth-order valence-corrected chi connectivity index (χ4v) is 12.3. The van der Waals surface area contributed by atoms with Crippen molar-refractivity contribution in [1.29, 1.82) is 0 Å². The summed E-state index contributed by atoms with van der Waals surface area (Å²) in [7, 11) is -1.55. The Morgan fingerprint density at radius 1 is 0.950 bits per heavy atom. The zero-order valence-electron chi connectivity index (χ0n) is 11.9. The predicted octanol–water partition coefficient (Wildman–Crippen LogP) is 3.37. The molecule has 0 nitrogen and oxygen atoms in total. The van der Waals surface area contributed by atoms with Crippen molar-refractivity contribution >= 4 is 50.6 Å². The number of hydrogen-bond donors (Lipinski definition) is 0. The van der Waals surface area contributed by atoms with Gasteiger partial charge in [-0.2, -0.15) is 0 Å². The zero-order chi connectivity index (χ0) is 14.3. The van der Waals surface area contributed by atoms with Crippen molar-refractivity contribution in [2.24, 2.45) is 0 Å². The number of hydrogen-bond acceptors (Lipinski definition) is 0. The molecule has 0 atom stereocenters. The highest BCUT2D eigenvalue weighted by molar-refractivity contribution is 14.1. The van der Waals surface area contributed by atoms with Crippen LogP contribution >= 0.6 is 22.6 Å². The highest BCUT2D eigenvalue weighted by Gasteiger charge is 2.30. The number of halogens is 1. The standard InChI is InChI=1S/C17H21ISi2/c1-20(15-19-14-8-13-18,16-9-4-2-5-10-16)17-11-6-3-7-12-17/h2-13H,14-15,19H2,1H3. The third kappa shape index (κ3) is 3.93. The van der Waals surface area contributed by atoms with E-state index in [2.05, 4.69) is 100.0 Å². The minimum Gasteiger partial charge on any atom is -0.0817 e. The molecule has 0 saturated carbocycles. The summed E-state index contributed by atoms with van der Waals surface area (Å²) in [6.45, 7) is 2.54. The van der Waals surface area contributed by atoms with E-state index in [9.17, 15) is 0 Å². The number of benzene rings is 2. The molecule has 0 aliphatic heterocycles. The summed E-state index contributed by atoms with van der Waals surface area (Å²) in [6.07, 6.45) is 2.33. The molecule has 0 aliphatic rings. The first-order valence-corrected chi connectivity index (χ1v) is 13.1. The maximum Gasteiger partial charge on any atom is 0.112 e. The number of allylic oxidation sites excluding steroid dienone is 1. The Hall–Kier alpha value is -0.656. The summed E-state index contributed by atoms with van der Waals surface area (Å²) in [4.78, 5) is 0. The minimum absolute atomic E-state index is 0.0213. The summed E-state index contributed by atoms with van der Waals surface area (Å²) >= 11 is 2.32. The molecule has 104 valence electrons. The van der Waals surface area contributed by atoms with E-state index in [0.717, 1.165) is 0 Å². The van der Waals surface area contributed by atoms with Gasteiger partial charge in [0.25, 0.3) is 0 Å². The average Bonchev–Trinajstić information content (AvgIpc) is 2.53. The van der Waals surface area contributed by atoms with Crippen LogP contribution in [0.1, 0.15) is 0 Å². The Labute approximate surface area is 139 Å². The van der Waals surface area contributed by atoms with Crippen LogP contribution < -0.4 is 10.4 Å². The van der Waals surface area contributed by atoms with E-state index in [4.69, 9.17) is 0 Å². The third-order valence-corrected chi connectivity index (χ3v) is 13.8. The minimum atomic E-state index is -1.53. The topological polar surface area (TPSA) is 0 Å². The molecule has 0 heterocycles. The van der Waals surface area contributed by atoms with Crippen molar-refractivity contribution in [1.82, 2.24) is 0 Å². The zero-order valence-corrected chi connectivity index (χ0v) is 16.5. The molecule has 0 radical (unpaired) electrons. The van der Waals surface area contributed by atoms with Gasteiger partial charge in [0, 0.05) is 9.52 Å². The van der Waals surface area contributed by atoms with Gasteiger partial charge < -0.3 is 0 Å². The Morgan fingerprint density at radius 3 is 1.90 bits per heavy atom. The smallest absolute Gasteiger partial charge is 0.0817 e. The van der Waals surface area contributed by atoms with E-state index in [0.29, 0.717) is 0 Å². The van der Waals surface area contributed by atoms with Crippen molar-refractivity contribution in [3.05, 3.63) is 70.8 Å². The summed E-state index contributed by atoms with van der Waals surface area (Å²) in [5, 5.41) is 3.16. The van der Waals surface area contributed by atoms with Crippen LogP contribution in [0.3, 0.4) is 0 Å². The molecular weight excluding hydrogens is 387 g/mol. The second-order valence-corrected chi connectivity index (χ2v) is 13.1. The molecule has 0 fully saturated rings. The molecule has 0 aliphatic carbocycles. The van der Waals surface area contributed by atoms with Crippen molar-refractivity contribution in [2.75, 3.05) is 0 Å². The highest BCUT2D eigenvalue weighted by Crippen LogP contribution is 2.11. The Kier molecular flexibility index (Phi) is 6.25. The summed E-state index contributed by atoms with van der Waals surface area (Å²) in [5.41, 5.74) is 1.45. The van der Waals surface area contributed by atoms with Gasteiger partial charge in [0.2, 0.25) is 0 Å². The molecule has 0 saturated heterocycles. The molecule has 0 spiro atoms. The average molecular weight is 408 g/mol. The summed E-state index contributed by atoms with van der Waals surface area (Å²) in [5.74, 6) is 0. The summed E-state index contributed by atoms with van der Waals surface area (Å²) in [6, 6.07) is 23.7. The normalized spacial score (nSPS) is 12.5. The lowest BCUT2D eigenvalue weighted by molar-refractivity contribution is 1.60. The lowest BCUT2D eigenvalue weighted by Gasteiger charge is -2.28. The Bertz CT molecular complexity index is 498. The fraction of sp³-hybridized carbons (Fsp3) is 0.176. The first kappa shape index (κ1) is 15.7. The molecule has 0 amide bonds. The van der Waals surface area contributed by atoms with Gasteiger partial charge in [-0.1, -0.05) is 112 Å². The van der Waals surface area contributed by atoms with E-state index in [-0.39, 0.29) is 9.52 Å². The molecule has 2 aromatic rings. The van der Waals surface area contributed by atoms with E-state index in [1.165, 1.54) is 11.7 Å². The second kappa shape index (κ2) is 7.95. The first-order valence-electron chi connectivity index (χ1n) is 7.13. The van der Waals surface area contributed by atoms with Crippen LogP contribution in [0.5, 0.6) is 0 Å². The maximum atomic E-state index is 2.54. The SMILES string of the molecule is C[Si](C[SiH2]CC=CI)(c1ccccc1)c1ccccc1. The molecule has 2 aromatic carbocycles. The van der Waals surface area contributed by atoms with Gasteiger partial charge in [0.05, 0.1) is 0 Å². The van der Waals surface area contributed by atoms with Crippen molar-refractivity contribution in [2.45, 2.75) is 18.3 Å². The van der Waals surface area contributed by atoms with Crippen LogP contribution in [0.4, 0.5) is 0 Å². The molecule has 20 heavy (non-hydrogen) atoms. The van der Waals surface area contributed by atoms with Gasteiger partial charge in [-0.25, -0.2) is 0 Å². The highest BCUT2D eigenvalue weighted by atomic mass is 127. The van der Waals surface area contributed by atoms with Crippen molar-refractivity contribution in [3.8, 4) is 0 Å². The lowest BCUT2D eigenvalue weighted by atomic mass is 10.4. The Morgan fingerprint density at radius 2 is 1.45 bits per heavy atom. The van der Waals surface area contributed by atoms with Crippen LogP contribution in [0, 0.1) is 0 Å². The van der Waals surface area contributed by atoms with Gasteiger partial charge in [-0.15, -0.1) is 0 Å². The van der Waals surface area contributed by atoms with Crippen LogP contribution in [-0.4, -0.2) is 17.6 Å². The van der Waals surface area contributed by atoms with Crippen LogP contribution in [0.25, 0.3) is 0 Å². The van der Waals surface area contributed by atoms with Gasteiger partial charge in [0.15, 0.2) is 0 Å². The monoisotopic (exact) mass is 408 g/mol. The largest absolute Gasteiger partial charge is 0.112 e. The van der Waals surface area contributed by atoms with Gasteiger partial charge >= 0.3 is 0 Å². The molecule has 2 rings (SSSR count). The van der Waals surface area contributed by atoms with Gasteiger partial charge in [0.1, 0.15) is 8.07 Å². The Balaban J connectivity index is 2.29. The van der Waals surface area contributed by atoms with Crippen molar-refractivity contribution < 1.29 is 0 Å². The van der Waals surface area contributed by atoms with E-state index >= 15 is 0 Å². The van der Waals surface area contributed by atoms with Gasteiger partial charge in [-0.05, 0) is 10.1 Å². The van der Waals surface area contributed by atoms with E-state index in [1.54, 1.807) is 10.4 Å². The van der Waals surface area contributed by atoms with Crippen LogP contribution in [-0.2, 0) is 0 Å². The molecule has 0 aromatic heterocycles. The van der Waals surface area contributed by atoms with Crippen LogP contribution in [0.15, 0.2) is 70.8 Å². The van der Waals surface area contributed by atoms with Crippen LogP contribution in [0.2, 0.25) is 18.3 Å². The third-order valence-electron chi connectivity index (χ3n) is 3.96. The van der Waals surface area contributed by atoms with Gasteiger partial charge in [-0.3, -0.25) is 0 Å². The fourth-order valence-electron chi connectivity index (χ4n) is 2.70. The molecule has 0 bridgehead atoms. The predicted molar refractivity (Wildman–Crippen MR) is 105 cm³/mol. The maximum absolute atomic E-state index is 2.54. The quantitative estimate of drug-likeness (QED) is 0.391. The molecule has 0 N–H and O–H groups in total.